The van der Waals surface area contributed by atoms with Crippen LogP contribution in [0.3, 0.4) is 0 Å². The lowest BCUT2D eigenvalue weighted by Crippen LogP contribution is -2.34. The minimum atomic E-state index is 0.682. The summed E-state index contributed by atoms with van der Waals surface area (Å²) in [4.78, 5) is 20.6. The number of rotatable bonds is 10. The van der Waals surface area contributed by atoms with Gasteiger partial charge in [-0.25, -0.2) is 0 Å². The molecule has 0 unspecified atom stereocenters. The van der Waals surface area contributed by atoms with Crippen molar-refractivity contribution in [2.24, 2.45) is 0 Å². The highest BCUT2D eigenvalue weighted by Crippen LogP contribution is 2.43. The monoisotopic (exact) mass is 1470 g/mol. The van der Waals surface area contributed by atoms with E-state index >= 15 is 0 Å². The highest BCUT2D eigenvalue weighted by molar-refractivity contribution is 9.14. The van der Waals surface area contributed by atoms with Crippen LogP contribution in [0, 0.1) is 0 Å². The zero-order valence-corrected chi connectivity index (χ0v) is 54.2. The topological polar surface area (TPSA) is 69.6 Å². The first-order valence-electron chi connectivity index (χ1n) is 23.3. The van der Waals surface area contributed by atoms with Crippen LogP contribution in [0.2, 0.25) is 0 Å². The molecule has 0 fully saturated rings. The van der Waals surface area contributed by atoms with Gasteiger partial charge in [0.25, 0.3) is 0 Å². The van der Waals surface area contributed by atoms with Crippen LogP contribution in [0.15, 0.2) is 133 Å². The van der Waals surface area contributed by atoms with E-state index in [9.17, 15) is 0 Å². The molecular formula is C56H54Br8N8+2. The number of benzene rings is 4. The van der Waals surface area contributed by atoms with Crippen LogP contribution in [-0.2, 0) is 0 Å². The lowest BCUT2D eigenvalue weighted by atomic mass is 10.0. The quantitative estimate of drug-likeness (QED) is 0.103. The third-order valence-corrected chi connectivity index (χ3v) is 22.0. The molecule has 0 saturated heterocycles. The molecule has 1 aliphatic heterocycles. The van der Waals surface area contributed by atoms with E-state index in [4.69, 9.17) is 0 Å². The van der Waals surface area contributed by atoms with Crippen molar-refractivity contribution in [2.75, 3.05) is 79.3 Å². The molecule has 5 heterocycles. The Hall–Kier alpha value is -3.16. The van der Waals surface area contributed by atoms with Crippen molar-refractivity contribution in [1.29, 1.82) is 0 Å². The normalized spacial score (nSPS) is 13.1. The van der Waals surface area contributed by atoms with Crippen LogP contribution >= 0.6 is 127 Å². The number of H-pyrrole nitrogens is 4. The minimum absolute atomic E-state index is 0.682. The molecule has 0 atom stereocenters. The fourth-order valence-electron chi connectivity index (χ4n) is 9.13. The van der Waals surface area contributed by atoms with Crippen LogP contribution < -0.4 is 40.2 Å². The van der Waals surface area contributed by atoms with Crippen molar-refractivity contribution >= 4 is 172 Å². The van der Waals surface area contributed by atoms with Crippen molar-refractivity contribution in [2.45, 2.75) is 13.8 Å². The van der Waals surface area contributed by atoms with Gasteiger partial charge < -0.3 is 29.7 Å². The maximum atomic E-state index is 4.17. The molecule has 0 radical (unpaired) electrons. The Labute approximate surface area is 488 Å². The Morgan fingerprint density at radius 3 is 0.764 bits per heavy atom. The Kier molecular flexibility index (Phi) is 15.5. The van der Waals surface area contributed by atoms with Gasteiger partial charge in [0.05, 0.1) is 122 Å². The lowest BCUT2D eigenvalue weighted by molar-refractivity contribution is 0.486. The highest BCUT2D eigenvalue weighted by Gasteiger charge is 2.30. The maximum absolute atomic E-state index is 4.17. The summed E-state index contributed by atoms with van der Waals surface area (Å²) < 4.78 is 8.35. The fraction of sp³-hybridized carbons (Fsp3) is 0.214. The largest absolute Gasteiger partial charge is 0.375 e. The summed E-state index contributed by atoms with van der Waals surface area (Å²) in [5.41, 5.74) is 16.1. The lowest BCUT2D eigenvalue weighted by Gasteiger charge is -2.23. The number of hydrogen-bond acceptors (Lipinski definition) is 2. The SMILES string of the molecule is CCN(C)c1ccc(C2=c3[nH]c(c(Br)c3Br)=C(c3ccc(N(C)CC)cc3)c3[nH]c(c(Br)c3Br)C(c3ccc([N+](C)(C)C)cc3)=c3[nH]c(c(Br)c3Br)=C(c3ccc([N+](C)(C)C)cc3)c3[nH]c2c(Br)c3Br)cc1. The molecule has 372 valence electrons. The Morgan fingerprint density at radius 1 is 0.333 bits per heavy atom. The Morgan fingerprint density at radius 2 is 0.556 bits per heavy atom. The van der Waals surface area contributed by atoms with E-state index in [2.05, 4.69) is 324 Å². The van der Waals surface area contributed by atoms with Gasteiger partial charge in [0.15, 0.2) is 0 Å². The molecule has 72 heavy (non-hydrogen) atoms. The van der Waals surface area contributed by atoms with E-state index in [0.717, 1.165) is 149 Å². The van der Waals surface area contributed by atoms with Gasteiger partial charge in [0, 0.05) is 60.9 Å². The zero-order valence-electron chi connectivity index (χ0n) is 41.5. The standard InChI is InChI=1S/C56H54Br8N8/c1-11-69(3)33-21-13-29(14-22-33)37-49-41(57)42(58)50(65-49)38(30-15-23-34(24-16-30)70(4)12-2)52-44(60)46(62)54(67-52)40(32-19-27-36(28-20-32)72(8,9)10)56-48(64)47(63)55(68-56)39(53-45(61)43(59)51(37)66-53)31-17-25-35(26-18-31)71(5,6)7/h13-28,65-68H,11-12H2,1-10H3/q+2. The average molecular weight is 1480 g/mol. The number of quaternary nitrogens is 2. The number of aromatic amines is 4. The van der Waals surface area contributed by atoms with E-state index in [-0.39, 0.29) is 0 Å². The molecule has 4 aromatic heterocycles. The number of anilines is 2. The predicted octanol–water partition coefficient (Wildman–Crippen LogP) is 13.7. The van der Waals surface area contributed by atoms with Gasteiger partial charge >= 0.3 is 0 Å². The molecule has 9 rings (SSSR count). The van der Waals surface area contributed by atoms with Crippen molar-refractivity contribution in [3.05, 3.63) is 199 Å². The summed E-state index contributed by atoms with van der Waals surface area (Å²) in [5, 5.41) is 3.53. The van der Waals surface area contributed by atoms with Crippen LogP contribution in [0.4, 0.5) is 22.7 Å². The number of halogens is 8. The molecule has 0 saturated carbocycles. The van der Waals surface area contributed by atoms with E-state index in [1.165, 1.54) is 11.4 Å². The molecule has 16 heteroatoms. The predicted molar refractivity (Wildman–Crippen MR) is 333 cm³/mol. The van der Waals surface area contributed by atoms with E-state index in [0.29, 0.717) is 8.97 Å². The van der Waals surface area contributed by atoms with Gasteiger partial charge in [-0.05, 0) is 236 Å². The molecule has 4 aromatic carbocycles. The number of hydrogen-bond donors (Lipinski definition) is 4. The molecule has 8 nitrogen and oxygen atoms in total. The first-order valence-corrected chi connectivity index (χ1v) is 29.7. The second-order valence-electron chi connectivity index (χ2n) is 19.8. The third-order valence-electron chi connectivity index (χ3n) is 13.5. The maximum Gasteiger partial charge on any atom is 0.132 e. The van der Waals surface area contributed by atoms with E-state index in [1.54, 1.807) is 0 Å². The summed E-state index contributed by atoms with van der Waals surface area (Å²) in [6, 6.07) is 35.3. The van der Waals surface area contributed by atoms with Gasteiger partial charge in [0.1, 0.15) is 11.4 Å². The number of nitrogens with zero attached hydrogens (tertiary/aromatic N) is 4. The van der Waals surface area contributed by atoms with Gasteiger partial charge in [-0.15, -0.1) is 0 Å². The van der Waals surface area contributed by atoms with Gasteiger partial charge in [-0.3, -0.25) is 8.97 Å². The van der Waals surface area contributed by atoms with Crippen LogP contribution in [0.25, 0.3) is 22.3 Å². The number of nitrogens with one attached hydrogen (secondary N) is 4. The summed E-state index contributed by atoms with van der Waals surface area (Å²) >= 11 is 33.3. The van der Waals surface area contributed by atoms with Crippen LogP contribution in [0.5, 0.6) is 0 Å². The molecule has 0 aliphatic carbocycles. The molecule has 1 aliphatic rings. The van der Waals surface area contributed by atoms with Crippen molar-refractivity contribution in [3.8, 4) is 0 Å². The summed E-state index contributed by atoms with van der Waals surface area (Å²) in [7, 11) is 17.4. The molecular weight excluding hydrogens is 1420 g/mol. The summed E-state index contributed by atoms with van der Waals surface area (Å²) in [5.74, 6) is 0. The second-order valence-corrected chi connectivity index (χ2v) is 26.1. The third kappa shape index (κ3) is 9.70. The Balaban J connectivity index is 1.53. The van der Waals surface area contributed by atoms with Crippen LogP contribution in [0.1, 0.15) is 58.9 Å². The summed E-state index contributed by atoms with van der Waals surface area (Å²) in [6.45, 7) is 6.10. The zero-order chi connectivity index (χ0) is 51.9. The number of aromatic nitrogens is 4. The molecule has 0 spiro atoms. The van der Waals surface area contributed by atoms with E-state index in [1.807, 2.05) is 0 Å². The minimum Gasteiger partial charge on any atom is -0.375 e. The first kappa shape index (κ1) is 53.7. The van der Waals surface area contributed by atoms with Crippen LogP contribution in [-0.4, -0.2) is 89.4 Å². The average Bonchev–Trinajstić information content (AvgIpc) is 4.02. The smallest absolute Gasteiger partial charge is 0.132 e. The Bertz CT molecular complexity index is 3420. The van der Waals surface area contributed by atoms with Gasteiger partial charge in [-0.1, -0.05) is 24.3 Å². The first-order chi connectivity index (χ1) is 34.0. The highest BCUT2D eigenvalue weighted by atomic mass is 79.9. The molecule has 8 aromatic rings. The fourth-order valence-corrected chi connectivity index (χ4v) is 13.1. The molecule has 0 amide bonds. The molecule has 4 N–H and O–H groups in total. The molecule has 8 bridgehead atoms. The van der Waals surface area contributed by atoms with Crippen molar-refractivity contribution in [1.82, 2.24) is 28.9 Å². The van der Waals surface area contributed by atoms with E-state index < -0.39 is 0 Å². The second kappa shape index (κ2) is 20.8. The van der Waals surface area contributed by atoms with Crippen molar-refractivity contribution in [3.63, 3.8) is 0 Å². The van der Waals surface area contributed by atoms with Gasteiger partial charge in [-0.2, -0.15) is 0 Å². The van der Waals surface area contributed by atoms with Gasteiger partial charge in [0.2, 0.25) is 0 Å². The number of fused-ring (bicyclic) bond motifs is 8. The van der Waals surface area contributed by atoms with Crippen molar-refractivity contribution < 1.29 is 0 Å². The summed E-state index contributed by atoms with van der Waals surface area (Å²) in [6.07, 6.45) is 0.